The first-order valence-corrected chi connectivity index (χ1v) is 5.19. The fourth-order valence-electron chi connectivity index (χ4n) is 1.50. The lowest BCUT2D eigenvalue weighted by atomic mass is 10.2. The van der Waals surface area contributed by atoms with Crippen LogP contribution < -0.4 is 20.5 Å². The second-order valence-corrected chi connectivity index (χ2v) is 3.40. The highest BCUT2D eigenvalue weighted by atomic mass is 16.5. The summed E-state index contributed by atoms with van der Waals surface area (Å²) in [5.74, 6) is 1.09. The SMILES string of the molecule is NCCOc1ccc2c(c1)C(=O)NCCO2. The molecule has 0 saturated heterocycles. The summed E-state index contributed by atoms with van der Waals surface area (Å²) < 4.78 is 10.8. The van der Waals surface area contributed by atoms with Crippen LogP contribution in [0.25, 0.3) is 0 Å². The van der Waals surface area contributed by atoms with Crippen molar-refractivity contribution >= 4 is 5.91 Å². The molecule has 0 bridgehead atoms. The summed E-state index contributed by atoms with van der Waals surface area (Å²) in [6.45, 7) is 1.88. The molecule has 1 aliphatic rings. The van der Waals surface area contributed by atoms with Gasteiger partial charge in [0.15, 0.2) is 0 Å². The van der Waals surface area contributed by atoms with Gasteiger partial charge in [0.25, 0.3) is 5.91 Å². The van der Waals surface area contributed by atoms with Gasteiger partial charge in [-0.25, -0.2) is 0 Å². The first kappa shape index (κ1) is 10.8. The molecule has 16 heavy (non-hydrogen) atoms. The quantitative estimate of drug-likeness (QED) is 0.763. The topological polar surface area (TPSA) is 73.6 Å². The van der Waals surface area contributed by atoms with Crippen molar-refractivity contribution in [1.29, 1.82) is 0 Å². The van der Waals surface area contributed by atoms with E-state index >= 15 is 0 Å². The first-order chi connectivity index (χ1) is 7.81. The van der Waals surface area contributed by atoms with Crippen molar-refractivity contribution in [2.75, 3.05) is 26.3 Å². The molecule has 0 spiro atoms. The summed E-state index contributed by atoms with van der Waals surface area (Å²) in [6.07, 6.45) is 0. The Labute approximate surface area is 93.5 Å². The van der Waals surface area contributed by atoms with E-state index in [4.69, 9.17) is 15.2 Å². The zero-order valence-corrected chi connectivity index (χ0v) is 8.86. The van der Waals surface area contributed by atoms with Crippen LogP contribution in [0.15, 0.2) is 18.2 Å². The third-order valence-corrected chi connectivity index (χ3v) is 2.23. The van der Waals surface area contributed by atoms with Crippen molar-refractivity contribution in [2.45, 2.75) is 0 Å². The smallest absolute Gasteiger partial charge is 0.255 e. The van der Waals surface area contributed by atoms with E-state index in [9.17, 15) is 4.79 Å². The molecule has 0 atom stereocenters. The predicted octanol–water partition coefficient (Wildman–Crippen LogP) is 0.146. The van der Waals surface area contributed by atoms with Crippen molar-refractivity contribution in [3.8, 4) is 11.5 Å². The van der Waals surface area contributed by atoms with Crippen molar-refractivity contribution in [1.82, 2.24) is 5.32 Å². The maximum Gasteiger partial charge on any atom is 0.255 e. The number of carbonyl (C=O) groups excluding carboxylic acids is 1. The largest absolute Gasteiger partial charge is 0.492 e. The van der Waals surface area contributed by atoms with Crippen molar-refractivity contribution in [3.05, 3.63) is 23.8 Å². The molecule has 0 unspecified atom stereocenters. The van der Waals surface area contributed by atoms with Crippen molar-refractivity contribution < 1.29 is 14.3 Å². The lowest BCUT2D eigenvalue weighted by Gasteiger charge is -2.08. The maximum atomic E-state index is 11.7. The maximum absolute atomic E-state index is 11.7. The minimum Gasteiger partial charge on any atom is -0.492 e. The van der Waals surface area contributed by atoms with Crippen molar-refractivity contribution in [2.24, 2.45) is 5.73 Å². The zero-order chi connectivity index (χ0) is 11.4. The monoisotopic (exact) mass is 222 g/mol. The molecule has 1 heterocycles. The average Bonchev–Trinajstić information content (AvgIpc) is 2.49. The molecular formula is C11H14N2O3. The first-order valence-electron chi connectivity index (χ1n) is 5.19. The fraction of sp³-hybridized carbons (Fsp3) is 0.364. The number of hydrogen-bond acceptors (Lipinski definition) is 4. The second kappa shape index (κ2) is 4.85. The molecule has 5 nitrogen and oxygen atoms in total. The molecule has 1 aromatic rings. The minimum absolute atomic E-state index is 0.134. The highest BCUT2D eigenvalue weighted by Gasteiger charge is 2.16. The van der Waals surface area contributed by atoms with Gasteiger partial charge in [-0.15, -0.1) is 0 Å². The Hall–Kier alpha value is -1.75. The number of fused-ring (bicyclic) bond motifs is 1. The Kier molecular flexibility index (Phi) is 3.26. The van der Waals surface area contributed by atoms with E-state index in [1.54, 1.807) is 18.2 Å². The molecule has 86 valence electrons. The molecule has 0 aliphatic carbocycles. The van der Waals surface area contributed by atoms with E-state index in [1.165, 1.54) is 0 Å². The summed E-state index contributed by atoms with van der Waals surface area (Å²) in [6, 6.07) is 5.19. The van der Waals surface area contributed by atoms with Crippen LogP contribution in [-0.4, -0.2) is 32.2 Å². The third kappa shape index (κ3) is 2.25. The Morgan fingerprint density at radius 2 is 2.38 bits per heavy atom. The number of benzene rings is 1. The normalized spacial score (nSPS) is 14.4. The van der Waals surface area contributed by atoms with Gasteiger partial charge in [-0.05, 0) is 18.2 Å². The van der Waals surface area contributed by atoms with Gasteiger partial charge in [0.2, 0.25) is 0 Å². The fourth-order valence-corrected chi connectivity index (χ4v) is 1.50. The van der Waals surface area contributed by atoms with E-state index in [-0.39, 0.29) is 5.91 Å². The third-order valence-electron chi connectivity index (χ3n) is 2.23. The Morgan fingerprint density at radius 3 is 3.19 bits per heavy atom. The molecule has 5 heteroatoms. The van der Waals surface area contributed by atoms with Gasteiger partial charge < -0.3 is 20.5 Å². The Balaban J connectivity index is 2.24. The molecule has 1 aliphatic heterocycles. The van der Waals surface area contributed by atoms with E-state index in [2.05, 4.69) is 5.32 Å². The second-order valence-electron chi connectivity index (χ2n) is 3.40. The molecule has 0 aromatic heterocycles. The lowest BCUT2D eigenvalue weighted by molar-refractivity contribution is 0.0956. The van der Waals surface area contributed by atoms with E-state index < -0.39 is 0 Å². The van der Waals surface area contributed by atoms with E-state index in [1.807, 2.05) is 0 Å². The number of nitrogens with two attached hydrogens (primary N) is 1. The van der Waals surface area contributed by atoms with Crippen molar-refractivity contribution in [3.63, 3.8) is 0 Å². The van der Waals surface area contributed by atoms with Gasteiger partial charge in [-0.3, -0.25) is 4.79 Å². The molecular weight excluding hydrogens is 208 g/mol. The number of carbonyl (C=O) groups is 1. The number of ether oxygens (including phenoxy) is 2. The summed E-state index contributed by atoms with van der Waals surface area (Å²) in [4.78, 5) is 11.7. The van der Waals surface area contributed by atoms with Crippen LogP contribution >= 0.6 is 0 Å². The van der Waals surface area contributed by atoms with Gasteiger partial charge in [0.1, 0.15) is 24.7 Å². The summed E-state index contributed by atoms with van der Waals surface area (Å²) in [5, 5.41) is 2.74. The van der Waals surface area contributed by atoms with Gasteiger partial charge in [0, 0.05) is 6.54 Å². The Morgan fingerprint density at radius 1 is 1.50 bits per heavy atom. The van der Waals surface area contributed by atoms with E-state index in [0.717, 1.165) is 0 Å². The molecule has 2 rings (SSSR count). The molecule has 0 fully saturated rings. The number of nitrogens with one attached hydrogen (secondary N) is 1. The van der Waals surface area contributed by atoms with Crippen LogP contribution in [0.5, 0.6) is 11.5 Å². The number of amides is 1. The van der Waals surface area contributed by atoms with Crippen LogP contribution in [0.3, 0.4) is 0 Å². The van der Waals surface area contributed by atoms with Crippen LogP contribution in [0.2, 0.25) is 0 Å². The lowest BCUT2D eigenvalue weighted by Crippen LogP contribution is -2.24. The van der Waals surface area contributed by atoms with E-state index in [0.29, 0.717) is 43.4 Å². The minimum atomic E-state index is -0.134. The van der Waals surface area contributed by atoms with Crippen LogP contribution in [-0.2, 0) is 0 Å². The summed E-state index contributed by atoms with van der Waals surface area (Å²) in [7, 11) is 0. The van der Waals surface area contributed by atoms with Crippen LogP contribution in [0.1, 0.15) is 10.4 Å². The summed E-state index contributed by atoms with van der Waals surface area (Å²) in [5.41, 5.74) is 5.84. The van der Waals surface area contributed by atoms with Crippen LogP contribution in [0.4, 0.5) is 0 Å². The zero-order valence-electron chi connectivity index (χ0n) is 8.86. The molecule has 1 aromatic carbocycles. The van der Waals surface area contributed by atoms with Gasteiger partial charge in [-0.1, -0.05) is 0 Å². The van der Waals surface area contributed by atoms with Gasteiger partial charge >= 0.3 is 0 Å². The average molecular weight is 222 g/mol. The Bertz CT molecular complexity index is 393. The standard InChI is InChI=1S/C11H14N2O3/c12-3-5-15-8-1-2-10-9(7-8)11(14)13-4-6-16-10/h1-2,7H,3-6,12H2,(H,13,14). The predicted molar refractivity (Wildman–Crippen MR) is 58.8 cm³/mol. The van der Waals surface area contributed by atoms with Gasteiger partial charge in [0.05, 0.1) is 12.1 Å². The van der Waals surface area contributed by atoms with Crippen LogP contribution in [0, 0.1) is 0 Å². The molecule has 3 N–H and O–H groups in total. The highest BCUT2D eigenvalue weighted by molar-refractivity contribution is 5.97. The highest BCUT2D eigenvalue weighted by Crippen LogP contribution is 2.25. The molecule has 0 radical (unpaired) electrons. The number of rotatable bonds is 3. The molecule has 0 saturated carbocycles. The number of hydrogen-bond donors (Lipinski definition) is 2. The summed E-state index contributed by atoms with van der Waals surface area (Å²) >= 11 is 0. The molecule has 1 amide bonds. The van der Waals surface area contributed by atoms with Gasteiger partial charge in [-0.2, -0.15) is 0 Å².